The highest BCUT2D eigenvalue weighted by Crippen LogP contribution is 2.41. The van der Waals surface area contributed by atoms with Gasteiger partial charge in [-0.2, -0.15) is 0 Å². The third-order valence-corrected chi connectivity index (χ3v) is 6.98. The van der Waals surface area contributed by atoms with Gasteiger partial charge in [0.15, 0.2) is 5.75 Å². The summed E-state index contributed by atoms with van der Waals surface area (Å²) in [5, 5.41) is 3.31. The van der Waals surface area contributed by atoms with E-state index in [-0.39, 0.29) is 11.6 Å². The molecule has 2 aromatic heterocycles. The Bertz CT molecular complexity index is 1410. The third-order valence-electron chi connectivity index (χ3n) is 6.98. The number of rotatable bonds is 5. The summed E-state index contributed by atoms with van der Waals surface area (Å²) < 4.78 is 34.5. The fourth-order valence-corrected chi connectivity index (χ4v) is 5.16. The van der Waals surface area contributed by atoms with Gasteiger partial charge in [-0.15, -0.1) is 0 Å². The van der Waals surface area contributed by atoms with Crippen molar-refractivity contribution in [1.82, 2.24) is 19.8 Å². The van der Waals surface area contributed by atoms with Crippen LogP contribution in [0, 0.1) is 11.6 Å². The molecule has 1 saturated heterocycles. The first-order valence-electron chi connectivity index (χ1n) is 11.3. The number of nitrogens with zero attached hydrogens (tertiary/aromatic N) is 2. The Labute approximate surface area is 189 Å². The van der Waals surface area contributed by atoms with Gasteiger partial charge in [0.25, 0.3) is 0 Å². The number of halogens is 2. The van der Waals surface area contributed by atoms with Gasteiger partial charge in [-0.25, -0.2) is 8.78 Å². The number of likely N-dealkylation sites (tertiary alicyclic amines) is 1. The molecule has 170 valence electrons. The predicted molar refractivity (Wildman–Crippen MR) is 129 cm³/mol. The standard InChI is InChI=1S/C26H26F2N4O/c1-31(2)17-7-8-32(14-17)9-10-33-26-24-20(18-11-15(27)3-5-22(18)29-24)13-21-19-12-16(28)4-6-23(19)30-25(21)26/h3-6,11-13,17,29-30H,7-10,14H2,1-2H3. The largest absolute Gasteiger partial charge is 0.488 e. The molecule has 5 nitrogen and oxygen atoms in total. The first-order chi connectivity index (χ1) is 16.0. The van der Waals surface area contributed by atoms with E-state index in [0.29, 0.717) is 18.4 Å². The van der Waals surface area contributed by atoms with Crippen molar-refractivity contribution in [2.75, 3.05) is 40.3 Å². The molecule has 3 heterocycles. The van der Waals surface area contributed by atoms with Crippen LogP contribution in [0.4, 0.5) is 8.78 Å². The molecule has 0 bridgehead atoms. The SMILES string of the molecule is CN(C)C1CCN(CCOc2c3[nH]c4ccc(F)cc4c3cc3c2[nH]c2ccc(F)cc23)C1. The number of ether oxygens (including phenoxy) is 1. The Kier molecular flexibility index (Phi) is 4.78. The first kappa shape index (κ1) is 20.4. The molecule has 1 unspecified atom stereocenters. The minimum absolute atomic E-state index is 0.291. The van der Waals surface area contributed by atoms with Crippen LogP contribution in [0.15, 0.2) is 42.5 Å². The van der Waals surface area contributed by atoms with E-state index in [2.05, 4.69) is 33.9 Å². The number of benzene rings is 3. The smallest absolute Gasteiger partial charge is 0.167 e. The van der Waals surface area contributed by atoms with Gasteiger partial charge < -0.3 is 19.6 Å². The van der Waals surface area contributed by atoms with E-state index in [0.717, 1.165) is 69.7 Å². The van der Waals surface area contributed by atoms with E-state index in [1.54, 1.807) is 12.1 Å². The lowest BCUT2D eigenvalue weighted by Gasteiger charge is -2.20. The first-order valence-corrected chi connectivity index (χ1v) is 11.3. The van der Waals surface area contributed by atoms with Crippen LogP contribution in [-0.2, 0) is 0 Å². The number of hydrogen-bond donors (Lipinski definition) is 2. The van der Waals surface area contributed by atoms with Crippen LogP contribution in [0.1, 0.15) is 6.42 Å². The van der Waals surface area contributed by atoms with E-state index in [1.807, 2.05) is 6.07 Å². The van der Waals surface area contributed by atoms with Gasteiger partial charge in [-0.1, -0.05) is 0 Å². The Morgan fingerprint density at radius 1 is 0.909 bits per heavy atom. The average Bonchev–Trinajstić information content (AvgIpc) is 3.49. The molecule has 33 heavy (non-hydrogen) atoms. The molecule has 2 N–H and O–H groups in total. The second-order valence-electron chi connectivity index (χ2n) is 9.24. The van der Waals surface area contributed by atoms with Crippen molar-refractivity contribution in [2.45, 2.75) is 12.5 Å². The Morgan fingerprint density at radius 3 is 2.06 bits per heavy atom. The summed E-state index contributed by atoms with van der Waals surface area (Å²) in [5.41, 5.74) is 3.32. The summed E-state index contributed by atoms with van der Waals surface area (Å²) in [6.45, 7) is 3.45. The molecule has 0 amide bonds. The fourth-order valence-electron chi connectivity index (χ4n) is 5.16. The van der Waals surface area contributed by atoms with Gasteiger partial charge in [-0.3, -0.25) is 4.90 Å². The quantitative estimate of drug-likeness (QED) is 0.386. The van der Waals surface area contributed by atoms with Crippen LogP contribution in [0.3, 0.4) is 0 Å². The van der Waals surface area contributed by atoms with Gasteiger partial charge in [-0.05, 0) is 69.5 Å². The number of fused-ring (bicyclic) bond motifs is 6. The van der Waals surface area contributed by atoms with E-state index in [9.17, 15) is 8.78 Å². The monoisotopic (exact) mass is 448 g/mol. The fraction of sp³-hybridized carbons (Fsp3) is 0.308. The molecule has 1 fully saturated rings. The molecule has 1 aliphatic heterocycles. The molecule has 1 atom stereocenters. The molecule has 7 heteroatoms. The molecule has 6 rings (SSSR count). The molecule has 0 saturated carbocycles. The number of aromatic nitrogens is 2. The molecule has 5 aromatic rings. The molecule has 0 spiro atoms. The number of nitrogens with one attached hydrogen (secondary N) is 2. The van der Waals surface area contributed by atoms with Crippen molar-refractivity contribution >= 4 is 43.6 Å². The summed E-state index contributed by atoms with van der Waals surface area (Å²) in [5.74, 6) is 0.111. The van der Waals surface area contributed by atoms with E-state index < -0.39 is 0 Å². The molecular formula is C26H26F2N4O. The second-order valence-corrected chi connectivity index (χ2v) is 9.24. The van der Waals surface area contributed by atoms with Crippen molar-refractivity contribution < 1.29 is 13.5 Å². The van der Waals surface area contributed by atoms with Crippen molar-refractivity contribution in [3.05, 3.63) is 54.1 Å². The maximum Gasteiger partial charge on any atom is 0.167 e. The van der Waals surface area contributed by atoms with Crippen LogP contribution in [0.2, 0.25) is 0 Å². The minimum atomic E-state index is -0.291. The topological polar surface area (TPSA) is 47.3 Å². The zero-order valence-electron chi connectivity index (χ0n) is 18.7. The zero-order valence-corrected chi connectivity index (χ0v) is 18.7. The highest BCUT2D eigenvalue weighted by molar-refractivity contribution is 6.20. The molecule has 3 aromatic carbocycles. The zero-order chi connectivity index (χ0) is 22.7. The summed E-state index contributed by atoms with van der Waals surface area (Å²) in [7, 11) is 4.25. The Balaban J connectivity index is 1.45. The highest BCUT2D eigenvalue weighted by Gasteiger charge is 2.24. The van der Waals surface area contributed by atoms with Crippen LogP contribution in [0.5, 0.6) is 5.75 Å². The second kappa shape index (κ2) is 7.71. The normalized spacial score (nSPS) is 17.4. The summed E-state index contributed by atoms with van der Waals surface area (Å²) in [6, 6.07) is 12.0. The van der Waals surface area contributed by atoms with Crippen molar-refractivity contribution in [1.29, 1.82) is 0 Å². The molecular weight excluding hydrogens is 422 g/mol. The Morgan fingerprint density at radius 2 is 1.52 bits per heavy atom. The predicted octanol–water partition coefficient (Wildman–Crippen LogP) is 5.25. The molecule has 1 aliphatic rings. The van der Waals surface area contributed by atoms with Gasteiger partial charge in [0.1, 0.15) is 18.2 Å². The average molecular weight is 449 g/mol. The number of aromatic amines is 2. The van der Waals surface area contributed by atoms with Gasteiger partial charge in [0.2, 0.25) is 0 Å². The maximum absolute atomic E-state index is 14.1. The van der Waals surface area contributed by atoms with E-state index in [4.69, 9.17) is 4.74 Å². The minimum Gasteiger partial charge on any atom is -0.488 e. The third kappa shape index (κ3) is 3.43. The number of hydrogen-bond acceptors (Lipinski definition) is 3. The summed E-state index contributed by atoms with van der Waals surface area (Å²) in [4.78, 5) is 11.5. The lowest BCUT2D eigenvalue weighted by molar-refractivity contribution is 0.223. The van der Waals surface area contributed by atoms with Crippen molar-refractivity contribution in [3.63, 3.8) is 0 Å². The number of H-pyrrole nitrogens is 2. The summed E-state index contributed by atoms with van der Waals surface area (Å²) in [6.07, 6.45) is 1.16. The summed E-state index contributed by atoms with van der Waals surface area (Å²) >= 11 is 0. The lowest BCUT2D eigenvalue weighted by atomic mass is 10.1. The molecule has 0 radical (unpaired) electrons. The number of likely N-dealkylation sites (N-methyl/N-ethyl adjacent to an activating group) is 1. The van der Waals surface area contributed by atoms with Crippen molar-refractivity contribution in [2.24, 2.45) is 0 Å². The van der Waals surface area contributed by atoms with E-state index in [1.165, 1.54) is 24.3 Å². The van der Waals surface area contributed by atoms with Gasteiger partial charge >= 0.3 is 0 Å². The van der Waals surface area contributed by atoms with Crippen LogP contribution in [-0.4, -0.2) is 66.1 Å². The maximum atomic E-state index is 14.1. The van der Waals surface area contributed by atoms with Gasteiger partial charge in [0, 0.05) is 51.7 Å². The van der Waals surface area contributed by atoms with Crippen LogP contribution < -0.4 is 4.74 Å². The van der Waals surface area contributed by atoms with Crippen molar-refractivity contribution in [3.8, 4) is 5.75 Å². The van der Waals surface area contributed by atoms with Gasteiger partial charge in [0.05, 0.1) is 11.0 Å². The van der Waals surface area contributed by atoms with Crippen LogP contribution in [0.25, 0.3) is 43.6 Å². The lowest BCUT2D eigenvalue weighted by Crippen LogP contribution is -2.33. The van der Waals surface area contributed by atoms with Crippen LogP contribution >= 0.6 is 0 Å². The molecule has 0 aliphatic carbocycles. The highest BCUT2D eigenvalue weighted by atomic mass is 19.1. The van der Waals surface area contributed by atoms with E-state index >= 15 is 0 Å². The Hall–Kier alpha value is -3.16.